The van der Waals surface area contributed by atoms with Gasteiger partial charge in [-0.3, -0.25) is 0 Å². The Morgan fingerprint density at radius 2 is 2.00 bits per heavy atom. The van der Waals surface area contributed by atoms with Gasteiger partial charge in [0.1, 0.15) is 0 Å². The summed E-state index contributed by atoms with van der Waals surface area (Å²) in [5.41, 5.74) is -0.481. The highest BCUT2D eigenvalue weighted by atomic mass is 19.4. The van der Waals surface area contributed by atoms with Crippen molar-refractivity contribution in [3.8, 4) is 0 Å². The van der Waals surface area contributed by atoms with Crippen LogP contribution in [0.3, 0.4) is 0 Å². The Kier molecular flexibility index (Phi) is 3.80. The van der Waals surface area contributed by atoms with Crippen molar-refractivity contribution in [3.63, 3.8) is 0 Å². The molecule has 1 aromatic rings. The number of ether oxygens (including phenoxy) is 1. The first kappa shape index (κ1) is 13.2. The number of rotatable bonds is 5. The maximum absolute atomic E-state index is 12.8. The summed E-state index contributed by atoms with van der Waals surface area (Å²) in [7, 11) is 1.56. The molecule has 0 saturated heterocycles. The van der Waals surface area contributed by atoms with Crippen molar-refractivity contribution in [2.45, 2.75) is 25.1 Å². The minimum atomic E-state index is -4.33. The predicted molar refractivity (Wildman–Crippen MR) is 63.5 cm³/mol. The van der Waals surface area contributed by atoms with Crippen LogP contribution < -0.4 is 5.32 Å². The molecule has 1 aromatic carbocycles. The van der Waals surface area contributed by atoms with Gasteiger partial charge in [0.05, 0.1) is 18.2 Å². The van der Waals surface area contributed by atoms with E-state index in [1.165, 1.54) is 12.1 Å². The fourth-order valence-corrected chi connectivity index (χ4v) is 2.03. The normalized spacial score (nSPS) is 17.6. The number of nitrogens with one attached hydrogen (secondary N) is 1. The second kappa shape index (κ2) is 5.18. The molecule has 2 nitrogen and oxygen atoms in total. The maximum atomic E-state index is 12.8. The van der Waals surface area contributed by atoms with Crippen LogP contribution in [0.25, 0.3) is 0 Å². The zero-order valence-electron chi connectivity index (χ0n) is 10.1. The Labute approximate surface area is 104 Å². The lowest BCUT2D eigenvalue weighted by Crippen LogP contribution is -2.28. The molecule has 1 atom stereocenters. The fraction of sp³-hybridized carbons (Fsp3) is 0.538. The number of methoxy groups -OCH3 is 1. The van der Waals surface area contributed by atoms with Crippen molar-refractivity contribution in [1.82, 2.24) is 0 Å². The van der Waals surface area contributed by atoms with Gasteiger partial charge >= 0.3 is 6.18 Å². The highest BCUT2D eigenvalue weighted by Crippen LogP contribution is 2.38. The van der Waals surface area contributed by atoms with E-state index in [1.54, 1.807) is 13.2 Å². The van der Waals surface area contributed by atoms with Crippen LogP contribution in [0.15, 0.2) is 24.3 Å². The Bertz CT molecular complexity index is 401. The molecule has 1 fully saturated rings. The SMILES string of the molecule is COCC(Nc1ccccc1C(F)(F)F)C1CC1. The summed E-state index contributed by atoms with van der Waals surface area (Å²) in [5, 5.41) is 2.97. The molecular formula is C13H16F3NO. The number of para-hydroxylation sites is 1. The zero-order valence-corrected chi connectivity index (χ0v) is 10.1. The second-order valence-electron chi connectivity index (χ2n) is 4.59. The summed E-state index contributed by atoms with van der Waals surface area (Å²) in [6, 6.07) is 5.52. The van der Waals surface area contributed by atoms with Crippen LogP contribution in [0.2, 0.25) is 0 Å². The number of hydrogen-bond acceptors (Lipinski definition) is 2. The molecule has 0 heterocycles. The van der Waals surface area contributed by atoms with Crippen molar-refractivity contribution in [3.05, 3.63) is 29.8 Å². The Morgan fingerprint density at radius 1 is 1.33 bits per heavy atom. The van der Waals surface area contributed by atoms with Gasteiger partial charge in [-0.15, -0.1) is 0 Å². The van der Waals surface area contributed by atoms with E-state index in [2.05, 4.69) is 5.32 Å². The molecular weight excluding hydrogens is 243 g/mol. The number of halogens is 3. The van der Waals surface area contributed by atoms with Gasteiger partial charge in [-0.25, -0.2) is 0 Å². The second-order valence-corrected chi connectivity index (χ2v) is 4.59. The summed E-state index contributed by atoms with van der Waals surface area (Å²) in [4.78, 5) is 0. The summed E-state index contributed by atoms with van der Waals surface area (Å²) in [6.07, 6.45) is -2.23. The lowest BCUT2D eigenvalue weighted by molar-refractivity contribution is -0.137. The first-order valence-electron chi connectivity index (χ1n) is 5.94. The van der Waals surface area contributed by atoms with Crippen LogP contribution in [0.4, 0.5) is 18.9 Å². The van der Waals surface area contributed by atoms with E-state index in [-0.39, 0.29) is 11.7 Å². The van der Waals surface area contributed by atoms with Crippen LogP contribution in [-0.4, -0.2) is 19.8 Å². The minimum absolute atomic E-state index is 0.0431. The molecule has 0 amide bonds. The Morgan fingerprint density at radius 3 is 2.56 bits per heavy atom. The first-order chi connectivity index (χ1) is 8.52. The van der Waals surface area contributed by atoms with Gasteiger partial charge in [0.25, 0.3) is 0 Å². The highest BCUT2D eigenvalue weighted by Gasteiger charge is 2.36. The summed E-state index contributed by atoms with van der Waals surface area (Å²) < 4.78 is 43.5. The van der Waals surface area contributed by atoms with Gasteiger partial charge in [0.2, 0.25) is 0 Å². The molecule has 0 aliphatic heterocycles. The topological polar surface area (TPSA) is 21.3 Å². The third kappa shape index (κ3) is 3.16. The third-order valence-corrected chi connectivity index (χ3v) is 3.11. The smallest absolute Gasteiger partial charge is 0.383 e. The maximum Gasteiger partial charge on any atom is 0.418 e. The Balaban J connectivity index is 2.17. The van der Waals surface area contributed by atoms with Gasteiger partial charge in [-0.1, -0.05) is 12.1 Å². The lowest BCUT2D eigenvalue weighted by atomic mass is 10.1. The van der Waals surface area contributed by atoms with Crippen molar-refractivity contribution >= 4 is 5.69 Å². The summed E-state index contributed by atoms with van der Waals surface area (Å²) >= 11 is 0. The van der Waals surface area contributed by atoms with E-state index in [4.69, 9.17) is 4.74 Å². The molecule has 0 bridgehead atoms. The van der Waals surface area contributed by atoms with E-state index in [0.29, 0.717) is 12.5 Å². The Hall–Kier alpha value is -1.23. The number of anilines is 1. The largest absolute Gasteiger partial charge is 0.418 e. The molecule has 2 rings (SSSR count). The van der Waals surface area contributed by atoms with Gasteiger partial charge < -0.3 is 10.1 Å². The molecule has 5 heteroatoms. The minimum Gasteiger partial charge on any atom is -0.383 e. The fourth-order valence-electron chi connectivity index (χ4n) is 2.03. The molecule has 1 saturated carbocycles. The van der Waals surface area contributed by atoms with E-state index >= 15 is 0 Å². The number of alkyl halides is 3. The van der Waals surface area contributed by atoms with Crippen molar-refractivity contribution in [1.29, 1.82) is 0 Å². The van der Waals surface area contributed by atoms with Crippen LogP contribution >= 0.6 is 0 Å². The van der Waals surface area contributed by atoms with E-state index in [1.807, 2.05) is 0 Å². The molecule has 0 spiro atoms. The van der Waals surface area contributed by atoms with Gasteiger partial charge in [0.15, 0.2) is 0 Å². The molecule has 1 N–H and O–H groups in total. The quantitative estimate of drug-likeness (QED) is 0.873. The van der Waals surface area contributed by atoms with E-state index in [0.717, 1.165) is 18.9 Å². The number of benzene rings is 1. The monoisotopic (exact) mass is 259 g/mol. The van der Waals surface area contributed by atoms with Crippen LogP contribution in [-0.2, 0) is 10.9 Å². The molecule has 1 aliphatic rings. The molecule has 100 valence electrons. The van der Waals surface area contributed by atoms with Crippen molar-refractivity contribution < 1.29 is 17.9 Å². The van der Waals surface area contributed by atoms with Crippen LogP contribution in [0, 0.1) is 5.92 Å². The molecule has 18 heavy (non-hydrogen) atoms. The van der Waals surface area contributed by atoms with E-state index in [9.17, 15) is 13.2 Å². The van der Waals surface area contributed by atoms with Gasteiger partial charge in [0, 0.05) is 12.8 Å². The summed E-state index contributed by atoms with van der Waals surface area (Å²) in [6.45, 7) is 0.427. The highest BCUT2D eigenvalue weighted by molar-refractivity contribution is 5.53. The van der Waals surface area contributed by atoms with Crippen molar-refractivity contribution in [2.75, 3.05) is 19.0 Å². The predicted octanol–water partition coefficient (Wildman–Crippen LogP) is 3.54. The average molecular weight is 259 g/mol. The molecule has 0 aromatic heterocycles. The lowest BCUT2D eigenvalue weighted by Gasteiger charge is -2.21. The number of hydrogen-bond donors (Lipinski definition) is 1. The van der Waals surface area contributed by atoms with Crippen LogP contribution in [0.5, 0.6) is 0 Å². The van der Waals surface area contributed by atoms with Crippen molar-refractivity contribution in [2.24, 2.45) is 5.92 Å². The average Bonchev–Trinajstić information content (AvgIpc) is 3.11. The molecule has 1 unspecified atom stereocenters. The molecule has 1 aliphatic carbocycles. The van der Waals surface area contributed by atoms with Gasteiger partial charge in [-0.2, -0.15) is 13.2 Å². The third-order valence-electron chi connectivity index (χ3n) is 3.11. The molecule has 0 radical (unpaired) electrons. The standard InChI is InChI=1S/C13H16F3NO/c1-18-8-12(9-6-7-9)17-11-5-3-2-4-10(11)13(14,15)16/h2-5,9,12,17H,6-8H2,1H3. The first-order valence-corrected chi connectivity index (χ1v) is 5.94. The van der Waals surface area contributed by atoms with Gasteiger partial charge in [-0.05, 0) is 30.9 Å². The van der Waals surface area contributed by atoms with Crippen LogP contribution in [0.1, 0.15) is 18.4 Å². The zero-order chi connectivity index (χ0) is 13.2. The van der Waals surface area contributed by atoms with E-state index < -0.39 is 11.7 Å². The summed E-state index contributed by atoms with van der Waals surface area (Å²) in [5.74, 6) is 0.422.